The van der Waals surface area contributed by atoms with Gasteiger partial charge in [-0.25, -0.2) is 13.1 Å². The maximum Gasteiger partial charge on any atom is 0.416 e. The van der Waals surface area contributed by atoms with Gasteiger partial charge in [-0.15, -0.1) is 0 Å². The Morgan fingerprint density at radius 3 is 2.36 bits per heavy atom. The molecular formula is C24H19F3N2O3S. The summed E-state index contributed by atoms with van der Waals surface area (Å²) in [5, 5.41) is 2.50. The lowest BCUT2D eigenvalue weighted by molar-refractivity contribution is -0.137. The maximum atomic E-state index is 12.7. The van der Waals surface area contributed by atoms with Crippen molar-refractivity contribution in [3.8, 4) is 11.8 Å². The molecule has 1 amide bonds. The van der Waals surface area contributed by atoms with E-state index in [1.807, 2.05) is 6.07 Å². The second kappa shape index (κ2) is 10.3. The van der Waals surface area contributed by atoms with Crippen LogP contribution in [0.25, 0.3) is 0 Å². The van der Waals surface area contributed by atoms with Crippen LogP contribution in [0.4, 0.5) is 13.2 Å². The molecule has 2 N–H and O–H groups in total. The van der Waals surface area contributed by atoms with E-state index in [1.165, 1.54) is 36.4 Å². The van der Waals surface area contributed by atoms with E-state index in [2.05, 4.69) is 21.9 Å². The highest BCUT2D eigenvalue weighted by molar-refractivity contribution is 7.89. The summed E-state index contributed by atoms with van der Waals surface area (Å²) in [7, 11) is -3.84. The second-order valence-electron chi connectivity index (χ2n) is 6.90. The van der Waals surface area contributed by atoms with Gasteiger partial charge < -0.3 is 5.32 Å². The Hall–Kier alpha value is -3.61. The molecule has 0 aliphatic carbocycles. The minimum absolute atomic E-state index is 0.0684. The molecule has 0 aromatic heterocycles. The van der Waals surface area contributed by atoms with Crippen LogP contribution in [-0.2, 0) is 22.7 Å². The van der Waals surface area contributed by atoms with Gasteiger partial charge >= 0.3 is 6.18 Å². The van der Waals surface area contributed by atoms with Crippen molar-refractivity contribution in [3.63, 3.8) is 0 Å². The van der Waals surface area contributed by atoms with Crippen LogP contribution in [0.15, 0.2) is 83.8 Å². The Labute approximate surface area is 189 Å². The van der Waals surface area contributed by atoms with Crippen LogP contribution in [-0.4, -0.2) is 20.9 Å². The molecule has 0 saturated carbocycles. The van der Waals surface area contributed by atoms with Crippen LogP contribution in [0.5, 0.6) is 0 Å². The lowest BCUT2D eigenvalue weighted by atomic mass is 10.1. The van der Waals surface area contributed by atoms with Crippen molar-refractivity contribution in [3.05, 3.63) is 101 Å². The fraction of sp³-hybridized carbons (Fsp3) is 0.125. The average molecular weight is 472 g/mol. The quantitative estimate of drug-likeness (QED) is 0.534. The molecule has 33 heavy (non-hydrogen) atoms. The van der Waals surface area contributed by atoms with Crippen LogP contribution >= 0.6 is 0 Å². The van der Waals surface area contributed by atoms with Gasteiger partial charge in [0.15, 0.2) is 0 Å². The van der Waals surface area contributed by atoms with Crippen molar-refractivity contribution < 1.29 is 26.4 Å². The zero-order valence-electron chi connectivity index (χ0n) is 17.2. The molecule has 0 bridgehead atoms. The molecule has 5 nitrogen and oxygen atoms in total. The van der Waals surface area contributed by atoms with Crippen molar-refractivity contribution in [2.24, 2.45) is 0 Å². The highest BCUT2D eigenvalue weighted by atomic mass is 32.2. The number of hydrogen-bond donors (Lipinski definition) is 2. The van der Waals surface area contributed by atoms with E-state index in [0.29, 0.717) is 0 Å². The number of alkyl halides is 3. The Morgan fingerprint density at radius 2 is 1.64 bits per heavy atom. The predicted octanol–water partition coefficient (Wildman–Crippen LogP) is 3.97. The van der Waals surface area contributed by atoms with Gasteiger partial charge in [-0.1, -0.05) is 54.3 Å². The highest BCUT2D eigenvalue weighted by Gasteiger charge is 2.30. The van der Waals surface area contributed by atoms with Gasteiger partial charge in [0.1, 0.15) is 0 Å². The zero-order valence-corrected chi connectivity index (χ0v) is 18.0. The van der Waals surface area contributed by atoms with Crippen molar-refractivity contribution >= 4 is 15.9 Å². The number of rotatable bonds is 6. The molecule has 0 heterocycles. The molecule has 3 aromatic rings. The fourth-order valence-corrected chi connectivity index (χ4v) is 3.87. The first-order chi connectivity index (χ1) is 15.6. The first kappa shape index (κ1) is 24.0. The lowest BCUT2D eigenvalue weighted by Gasteiger charge is -2.08. The van der Waals surface area contributed by atoms with Gasteiger partial charge in [0.2, 0.25) is 10.0 Å². The summed E-state index contributed by atoms with van der Waals surface area (Å²) in [5.41, 5.74) is 0.252. The normalized spacial score (nSPS) is 11.4. The lowest BCUT2D eigenvalue weighted by Crippen LogP contribution is -2.25. The Bertz CT molecular complexity index is 1300. The van der Waals surface area contributed by atoms with Crippen LogP contribution < -0.4 is 10.0 Å². The number of benzene rings is 3. The SMILES string of the molecule is O=C(NCC#Cc1cccc(C(F)(F)F)c1)c1cccc(S(=O)(=O)NCc2ccccc2)c1. The van der Waals surface area contributed by atoms with Crippen LogP contribution in [0.1, 0.15) is 27.0 Å². The summed E-state index contributed by atoms with van der Waals surface area (Å²) in [6.07, 6.45) is -4.47. The van der Waals surface area contributed by atoms with Gasteiger partial charge in [0.25, 0.3) is 5.91 Å². The maximum absolute atomic E-state index is 12.7. The molecule has 0 unspecified atom stereocenters. The first-order valence-corrected chi connectivity index (χ1v) is 11.2. The molecule has 3 rings (SSSR count). The minimum atomic E-state index is -4.47. The summed E-state index contributed by atoms with van der Waals surface area (Å²) in [6, 6.07) is 19.0. The monoisotopic (exact) mass is 472 g/mol. The standard InChI is InChI=1S/C24H19F3N2O3S/c25-24(26,27)21-12-4-9-18(15-21)10-6-14-28-23(30)20-11-5-13-22(16-20)33(31,32)29-17-19-7-2-1-3-8-19/h1-5,7-9,11-13,15-16,29H,14,17H2,(H,28,30). The number of nitrogens with one attached hydrogen (secondary N) is 2. The van der Waals surface area contributed by atoms with Gasteiger partial charge in [-0.3, -0.25) is 4.79 Å². The predicted molar refractivity (Wildman–Crippen MR) is 118 cm³/mol. The second-order valence-corrected chi connectivity index (χ2v) is 8.67. The van der Waals surface area contributed by atoms with E-state index < -0.39 is 27.7 Å². The van der Waals surface area contributed by atoms with E-state index >= 15 is 0 Å². The zero-order chi connectivity index (χ0) is 23.9. The van der Waals surface area contributed by atoms with Gasteiger partial charge in [0.05, 0.1) is 17.0 Å². The molecule has 0 saturated heterocycles. The van der Waals surface area contributed by atoms with Crippen molar-refractivity contribution in [1.29, 1.82) is 0 Å². The van der Waals surface area contributed by atoms with Gasteiger partial charge in [-0.2, -0.15) is 13.2 Å². The van der Waals surface area contributed by atoms with E-state index in [-0.39, 0.29) is 29.1 Å². The smallest absolute Gasteiger partial charge is 0.341 e. The Balaban J connectivity index is 1.62. The van der Waals surface area contributed by atoms with Crippen molar-refractivity contribution in [1.82, 2.24) is 10.0 Å². The Morgan fingerprint density at radius 1 is 0.909 bits per heavy atom. The number of hydrogen-bond acceptors (Lipinski definition) is 3. The van der Waals surface area contributed by atoms with Crippen molar-refractivity contribution in [2.45, 2.75) is 17.6 Å². The van der Waals surface area contributed by atoms with Crippen molar-refractivity contribution in [2.75, 3.05) is 6.54 Å². The summed E-state index contributed by atoms with van der Waals surface area (Å²) < 4.78 is 65.8. The van der Waals surface area contributed by atoms with Gasteiger partial charge in [0, 0.05) is 17.7 Å². The van der Waals surface area contributed by atoms with Crippen LogP contribution in [0.2, 0.25) is 0 Å². The Kier molecular flexibility index (Phi) is 7.53. The molecule has 3 aromatic carbocycles. The highest BCUT2D eigenvalue weighted by Crippen LogP contribution is 2.29. The fourth-order valence-electron chi connectivity index (χ4n) is 2.81. The van der Waals surface area contributed by atoms with Crippen LogP contribution in [0.3, 0.4) is 0 Å². The van der Waals surface area contributed by atoms with E-state index in [9.17, 15) is 26.4 Å². The third-order valence-electron chi connectivity index (χ3n) is 4.48. The minimum Gasteiger partial charge on any atom is -0.341 e. The number of halogens is 3. The third kappa shape index (κ3) is 6.94. The molecule has 9 heteroatoms. The third-order valence-corrected chi connectivity index (χ3v) is 5.87. The van der Waals surface area contributed by atoms with E-state index in [4.69, 9.17) is 0 Å². The van der Waals surface area contributed by atoms with E-state index in [1.54, 1.807) is 24.3 Å². The molecule has 0 fully saturated rings. The summed E-state index contributed by atoms with van der Waals surface area (Å²) >= 11 is 0. The molecule has 0 radical (unpaired) electrons. The number of amides is 1. The molecule has 170 valence electrons. The average Bonchev–Trinajstić information content (AvgIpc) is 2.81. The van der Waals surface area contributed by atoms with Crippen LogP contribution in [0, 0.1) is 11.8 Å². The molecule has 0 aliphatic heterocycles. The number of carbonyl (C=O) groups excluding carboxylic acids is 1. The summed E-state index contributed by atoms with van der Waals surface area (Å²) in [5.74, 6) is 4.58. The van der Waals surface area contributed by atoms with Gasteiger partial charge in [-0.05, 0) is 42.0 Å². The first-order valence-electron chi connectivity index (χ1n) is 9.73. The largest absolute Gasteiger partial charge is 0.416 e. The molecular weight excluding hydrogens is 453 g/mol. The van der Waals surface area contributed by atoms with E-state index in [0.717, 1.165) is 17.7 Å². The summed E-state index contributed by atoms with van der Waals surface area (Å²) in [6.45, 7) is -0.0248. The topological polar surface area (TPSA) is 75.3 Å². The summed E-state index contributed by atoms with van der Waals surface area (Å²) in [4.78, 5) is 12.3. The molecule has 0 aliphatic rings. The number of sulfonamides is 1. The molecule has 0 atom stereocenters. The number of carbonyl (C=O) groups is 1. The molecule has 0 spiro atoms.